The molecule has 0 radical (unpaired) electrons. The number of unbranched alkanes of at least 4 members (excludes halogenated alkanes) is 1. The maximum atomic E-state index is 12.1. The number of carbonyl (C=O) groups excluding carboxylic acids is 1. The normalized spacial score (nSPS) is 10.5. The molecule has 0 spiro atoms. The fraction of sp³-hybridized carbons (Fsp3) is 0.364. The first kappa shape index (κ1) is 20.3. The van der Waals surface area contributed by atoms with Crippen molar-refractivity contribution in [3.63, 3.8) is 0 Å². The monoisotopic (exact) mass is 368 g/mol. The molecule has 0 aliphatic carbocycles. The zero-order valence-electron chi connectivity index (χ0n) is 15.4. The van der Waals surface area contributed by atoms with Gasteiger partial charge in [0.1, 0.15) is 0 Å². The molecule has 0 aliphatic heterocycles. The minimum atomic E-state index is -0.218. The van der Waals surface area contributed by atoms with E-state index < -0.39 is 0 Å². The van der Waals surface area contributed by atoms with E-state index in [1.165, 1.54) is 16.9 Å². The molecule has 0 aliphatic rings. The summed E-state index contributed by atoms with van der Waals surface area (Å²) in [5, 5.41) is 0. The van der Waals surface area contributed by atoms with E-state index in [-0.39, 0.29) is 14.0 Å². The quantitative estimate of drug-likeness (QED) is 0.532. The first-order chi connectivity index (χ1) is 12.8. The number of hydrogen-bond donors (Lipinski definition) is 0. The van der Waals surface area contributed by atoms with Gasteiger partial charge in [0.05, 0.1) is 0 Å². The van der Waals surface area contributed by atoms with E-state index in [4.69, 9.17) is 0 Å². The van der Waals surface area contributed by atoms with Gasteiger partial charge < -0.3 is 0 Å². The summed E-state index contributed by atoms with van der Waals surface area (Å²) in [6.45, 7) is 3.53. The summed E-state index contributed by atoms with van der Waals surface area (Å²) in [5.41, 5.74) is 2.60. The van der Waals surface area contributed by atoms with Crippen molar-refractivity contribution in [3.05, 3.63) is 71.8 Å². The predicted octanol–water partition coefficient (Wildman–Crippen LogP) is 5.32. The van der Waals surface area contributed by atoms with Crippen LogP contribution in [0.15, 0.2) is 60.7 Å². The maximum absolute atomic E-state index is 12.1. The van der Waals surface area contributed by atoms with Gasteiger partial charge in [-0.15, -0.1) is 0 Å². The van der Waals surface area contributed by atoms with Crippen LogP contribution in [0, 0.1) is 0 Å². The number of carbonyl (C=O) groups is 1. The van der Waals surface area contributed by atoms with Crippen LogP contribution in [0.3, 0.4) is 0 Å². The molecule has 2 aromatic rings. The van der Waals surface area contributed by atoms with E-state index in [1.54, 1.807) is 0 Å². The molecule has 0 saturated heterocycles. The van der Waals surface area contributed by atoms with Gasteiger partial charge in [-0.3, -0.25) is 0 Å². The fourth-order valence-corrected chi connectivity index (χ4v) is 3.44. The average molecular weight is 368 g/mol. The SMILES string of the molecule is CCCCN(CCCC(c1ccccc1)c1ccccc1)C(=O)C=[P+]=O. The Balaban J connectivity index is 2.06. The van der Waals surface area contributed by atoms with Gasteiger partial charge in [0.25, 0.3) is 0 Å². The van der Waals surface area contributed by atoms with Crippen molar-refractivity contribution in [1.82, 2.24) is 4.90 Å². The van der Waals surface area contributed by atoms with Gasteiger partial charge in [0.15, 0.2) is 0 Å². The summed E-state index contributed by atoms with van der Waals surface area (Å²) in [4.78, 5) is 13.9. The molecule has 136 valence electrons. The van der Waals surface area contributed by atoms with Crippen LogP contribution in [0.25, 0.3) is 0 Å². The second-order valence-electron chi connectivity index (χ2n) is 6.43. The van der Waals surface area contributed by atoms with Gasteiger partial charge in [-0.1, -0.05) is 0 Å². The molecule has 26 heavy (non-hydrogen) atoms. The molecule has 2 rings (SSSR count). The number of rotatable bonds is 10. The van der Waals surface area contributed by atoms with Crippen LogP contribution in [0.2, 0.25) is 0 Å². The molecule has 0 N–H and O–H groups in total. The van der Waals surface area contributed by atoms with Crippen molar-refractivity contribution in [3.8, 4) is 0 Å². The zero-order valence-corrected chi connectivity index (χ0v) is 16.3. The predicted molar refractivity (Wildman–Crippen MR) is 109 cm³/mol. The van der Waals surface area contributed by atoms with Crippen molar-refractivity contribution < 1.29 is 9.36 Å². The Kier molecular flexibility index (Phi) is 9.06. The molecule has 4 heteroatoms. The number of benzene rings is 2. The summed E-state index contributed by atoms with van der Waals surface area (Å²) in [6, 6.07) is 21.0. The average Bonchev–Trinajstić information content (AvgIpc) is 2.69. The Bertz CT molecular complexity index is 672. The van der Waals surface area contributed by atoms with Crippen LogP contribution >= 0.6 is 8.08 Å². The van der Waals surface area contributed by atoms with E-state index >= 15 is 0 Å². The van der Waals surface area contributed by atoms with Crippen LogP contribution in [0.4, 0.5) is 0 Å². The third kappa shape index (κ3) is 6.38. The fourth-order valence-electron chi connectivity index (χ4n) is 3.19. The molecule has 0 fully saturated rings. The Morgan fingerprint density at radius 1 is 0.962 bits per heavy atom. The van der Waals surface area contributed by atoms with Gasteiger partial charge in [-0.2, -0.15) is 0 Å². The van der Waals surface area contributed by atoms with E-state index in [0.29, 0.717) is 12.5 Å². The van der Waals surface area contributed by atoms with Gasteiger partial charge >= 0.3 is 157 Å². The Labute approximate surface area is 157 Å². The summed E-state index contributed by atoms with van der Waals surface area (Å²) in [5.74, 6) is 1.41. The molecule has 0 heterocycles. The molecule has 1 amide bonds. The topological polar surface area (TPSA) is 37.4 Å². The minimum absolute atomic E-state index is 0.133. The molecule has 0 unspecified atom stereocenters. The second kappa shape index (κ2) is 11.6. The van der Waals surface area contributed by atoms with Crippen molar-refractivity contribution >= 4 is 19.8 Å². The molecule has 0 bridgehead atoms. The molecule has 3 nitrogen and oxygen atoms in total. The van der Waals surface area contributed by atoms with Crippen LogP contribution in [0.5, 0.6) is 0 Å². The second-order valence-corrected chi connectivity index (χ2v) is 6.90. The zero-order chi connectivity index (χ0) is 18.6. The van der Waals surface area contributed by atoms with Gasteiger partial charge in [-0.05, 0) is 0 Å². The Morgan fingerprint density at radius 3 is 2.00 bits per heavy atom. The number of hydrogen-bond acceptors (Lipinski definition) is 2. The summed E-state index contributed by atoms with van der Waals surface area (Å²) in [7, 11) is -0.218. The first-order valence-electron chi connectivity index (χ1n) is 9.30. The summed E-state index contributed by atoms with van der Waals surface area (Å²) >= 11 is 0. The van der Waals surface area contributed by atoms with Crippen molar-refractivity contribution in [2.45, 2.75) is 38.5 Å². The van der Waals surface area contributed by atoms with E-state index in [2.05, 4.69) is 55.5 Å². The molecule has 0 saturated carbocycles. The van der Waals surface area contributed by atoms with Gasteiger partial charge in [0.2, 0.25) is 0 Å². The third-order valence-electron chi connectivity index (χ3n) is 4.58. The molecule has 2 aromatic carbocycles. The summed E-state index contributed by atoms with van der Waals surface area (Å²) < 4.78 is 10.7. The summed E-state index contributed by atoms with van der Waals surface area (Å²) in [6.07, 6.45) is 3.89. The number of amides is 1. The Morgan fingerprint density at radius 2 is 1.50 bits per heavy atom. The van der Waals surface area contributed by atoms with E-state index in [0.717, 1.165) is 32.2 Å². The van der Waals surface area contributed by atoms with Crippen molar-refractivity contribution in [2.24, 2.45) is 0 Å². The molecular weight excluding hydrogens is 341 g/mol. The van der Waals surface area contributed by atoms with Crippen LogP contribution in [-0.4, -0.2) is 29.7 Å². The van der Waals surface area contributed by atoms with Crippen molar-refractivity contribution in [1.29, 1.82) is 0 Å². The Hall–Kier alpha value is -1.99. The molecule has 0 aromatic heterocycles. The van der Waals surface area contributed by atoms with Gasteiger partial charge in [-0.25, -0.2) is 0 Å². The van der Waals surface area contributed by atoms with Crippen LogP contribution in [-0.2, 0) is 9.36 Å². The third-order valence-corrected chi connectivity index (χ3v) is 4.91. The van der Waals surface area contributed by atoms with Crippen LogP contribution < -0.4 is 0 Å². The first-order valence-corrected chi connectivity index (χ1v) is 10.2. The standard InChI is InChI=1S/C22H27NO2P/c1-2-3-16-23(22(24)18-26-25)17-10-15-21(19-11-6-4-7-12-19)20-13-8-5-9-14-20/h4-9,11-14,18,21H,2-3,10,15-17H2,1H3/q+1. The van der Waals surface area contributed by atoms with E-state index in [9.17, 15) is 9.36 Å². The van der Waals surface area contributed by atoms with Crippen molar-refractivity contribution in [2.75, 3.05) is 13.1 Å². The number of nitrogens with zero attached hydrogens (tertiary/aromatic N) is 1. The van der Waals surface area contributed by atoms with E-state index in [1.807, 2.05) is 17.0 Å². The molecule has 0 atom stereocenters. The molecular formula is C22H27NO2P+. The van der Waals surface area contributed by atoms with Crippen LogP contribution in [0.1, 0.15) is 49.7 Å². The van der Waals surface area contributed by atoms with Gasteiger partial charge in [0, 0.05) is 0 Å².